The van der Waals surface area contributed by atoms with Crippen LogP contribution in [0.2, 0.25) is 0 Å². The van der Waals surface area contributed by atoms with Crippen molar-refractivity contribution in [1.29, 1.82) is 0 Å². The van der Waals surface area contributed by atoms with Gasteiger partial charge in [-0.25, -0.2) is 0 Å². The van der Waals surface area contributed by atoms with Crippen LogP contribution in [0.1, 0.15) is 25.7 Å². The second kappa shape index (κ2) is 4.42. The lowest BCUT2D eigenvalue weighted by molar-refractivity contribution is -0.121. The maximum Gasteiger partial charge on any atom is 0.236 e. The van der Waals surface area contributed by atoms with Crippen molar-refractivity contribution in [3.8, 4) is 0 Å². The van der Waals surface area contributed by atoms with Crippen LogP contribution in [0, 0.1) is 0 Å². The molecular formula is C8H16N2O2. The number of primary amides is 1. The molecular weight excluding hydrogens is 156 g/mol. The van der Waals surface area contributed by atoms with Gasteiger partial charge in [0.25, 0.3) is 0 Å². The molecule has 0 bridgehead atoms. The van der Waals surface area contributed by atoms with Crippen LogP contribution in [0.3, 0.4) is 0 Å². The van der Waals surface area contributed by atoms with E-state index in [1.165, 1.54) is 12.8 Å². The number of rotatable bonds is 4. The second-order valence-corrected chi connectivity index (χ2v) is 3.25. The van der Waals surface area contributed by atoms with Crippen LogP contribution in [0.5, 0.6) is 0 Å². The molecule has 1 unspecified atom stereocenters. The molecule has 1 amide bonds. The number of amides is 1. The highest BCUT2D eigenvalue weighted by Gasteiger charge is 2.17. The van der Waals surface area contributed by atoms with Gasteiger partial charge in [-0.05, 0) is 12.8 Å². The normalized spacial score (nSPS) is 21.1. The first-order chi connectivity index (χ1) is 5.70. The minimum absolute atomic E-state index is 0.264. The highest BCUT2D eigenvalue weighted by Crippen LogP contribution is 2.20. The van der Waals surface area contributed by atoms with Crippen molar-refractivity contribution in [2.75, 3.05) is 6.61 Å². The number of hydrogen-bond acceptors (Lipinski definition) is 3. The Balaban J connectivity index is 2.11. The van der Waals surface area contributed by atoms with Crippen molar-refractivity contribution < 1.29 is 9.53 Å². The van der Waals surface area contributed by atoms with E-state index in [2.05, 4.69) is 0 Å². The average molecular weight is 172 g/mol. The summed E-state index contributed by atoms with van der Waals surface area (Å²) in [5.74, 6) is -0.493. The molecule has 1 aliphatic carbocycles. The van der Waals surface area contributed by atoms with E-state index in [0.717, 1.165) is 12.8 Å². The van der Waals surface area contributed by atoms with Gasteiger partial charge in [0.2, 0.25) is 5.91 Å². The third kappa shape index (κ3) is 2.79. The third-order valence-electron chi connectivity index (χ3n) is 2.18. The molecule has 1 atom stereocenters. The SMILES string of the molecule is NC(=O)C(N)COC1CCCC1. The van der Waals surface area contributed by atoms with Gasteiger partial charge in [0.15, 0.2) is 0 Å². The summed E-state index contributed by atoms with van der Waals surface area (Å²) in [7, 11) is 0. The van der Waals surface area contributed by atoms with Gasteiger partial charge in [-0.2, -0.15) is 0 Å². The van der Waals surface area contributed by atoms with Gasteiger partial charge < -0.3 is 16.2 Å². The van der Waals surface area contributed by atoms with E-state index in [9.17, 15) is 4.79 Å². The largest absolute Gasteiger partial charge is 0.376 e. The predicted molar refractivity (Wildman–Crippen MR) is 45.4 cm³/mol. The number of carbonyl (C=O) groups excluding carboxylic acids is 1. The van der Waals surface area contributed by atoms with Gasteiger partial charge in [-0.3, -0.25) is 4.79 Å². The number of ether oxygens (including phenoxy) is 1. The summed E-state index contributed by atoms with van der Waals surface area (Å²) in [5, 5.41) is 0. The van der Waals surface area contributed by atoms with Crippen LogP contribution < -0.4 is 11.5 Å². The molecule has 4 N–H and O–H groups in total. The van der Waals surface area contributed by atoms with Crippen molar-refractivity contribution in [3.63, 3.8) is 0 Å². The third-order valence-corrected chi connectivity index (χ3v) is 2.18. The second-order valence-electron chi connectivity index (χ2n) is 3.25. The fourth-order valence-electron chi connectivity index (χ4n) is 1.38. The van der Waals surface area contributed by atoms with Gasteiger partial charge in [0, 0.05) is 0 Å². The number of hydrogen-bond donors (Lipinski definition) is 2. The number of carbonyl (C=O) groups is 1. The molecule has 0 spiro atoms. The molecule has 0 aromatic heterocycles. The molecule has 70 valence electrons. The fourth-order valence-corrected chi connectivity index (χ4v) is 1.38. The fraction of sp³-hybridized carbons (Fsp3) is 0.875. The number of nitrogens with two attached hydrogens (primary N) is 2. The van der Waals surface area contributed by atoms with E-state index in [1.54, 1.807) is 0 Å². The molecule has 1 aliphatic rings. The monoisotopic (exact) mass is 172 g/mol. The minimum Gasteiger partial charge on any atom is -0.376 e. The standard InChI is InChI=1S/C8H16N2O2/c9-7(8(10)11)5-12-6-3-1-2-4-6/h6-7H,1-5,9H2,(H2,10,11). The maximum absolute atomic E-state index is 10.5. The summed E-state index contributed by atoms with van der Waals surface area (Å²) in [4.78, 5) is 10.5. The Morgan fingerprint density at radius 2 is 2.08 bits per heavy atom. The van der Waals surface area contributed by atoms with Crippen molar-refractivity contribution in [1.82, 2.24) is 0 Å². The van der Waals surface area contributed by atoms with E-state index in [0.29, 0.717) is 6.10 Å². The van der Waals surface area contributed by atoms with Crippen molar-refractivity contribution in [2.24, 2.45) is 11.5 Å². The summed E-state index contributed by atoms with van der Waals surface area (Å²) in [6.45, 7) is 0.264. The quantitative estimate of drug-likeness (QED) is 0.614. The molecule has 4 nitrogen and oxygen atoms in total. The first kappa shape index (κ1) is 9.48. The highest BCUT2D eigenvalue weighted by molar-refractivity contribution is 5.79. The molecule has 12 heavy (non-hydrogen) atoms. The Kier molecular flexibility index (Phi) is 3.49. The lowest BCUT2D eigenvalue weighted by Gasteiger charge is -2.13. The van der Waals surface area contributed by atoms with Gasteiger partial charge in [-0.15, -0.1) is 0 Å². The molecule has 1 fully saturated rings. The Bertz CT molecular complexity index is 155. The van der Waals surface area contributed by atoms with E-state index < -0.39 is 11.9 Å². The first-order valence-corrected chi connectivity index (χ1v) is 4.36. The molecule has 0 aromatic carbocycles. The summed E-state index contributed by atoms with van der Waals surface area (Å²) < 4.78 is 5.40. The van der Waals surface area contributed by atoms with E-state index in [4.69, 9.17) is 16.2 Å². The van der Waals surface area contributed by atoms with Crippen LogP contribution >= 0.6 is 0 Å². The van der Waals surface area contributed by atoms with Crippen LogP contribution in [-0.2, 0) is 9.53 Å². The van der Waals surface area contributed by atoms with Gasteiger partial charge in [-0.1, -0.05) is 12.8 Å². The maximum atomic E-state index is 10.5. The van der Waals surface area contributed by atoms with E-state index in [-0.39, 0.29) is 6.61 Å². The van der Waals surface area contributed by atoms with E-state index in [1.807, 2.05) is 0 Å². The molecule has 0 aliphatic heterocycles. The van der Waals surface area contributed by atoms with Crippen LogP contribution in [0.25, 0.3) is 0 Å². The van der Waals surface area contributed by atoms with Crippen molar-refractivity contribution >= 4 is 5.91 Å². The van der Waals surface area contributed by atoms with Crippen LogP contribution in [-0.4, -0.2) is 24.7 Å². The van der Waals surface area contributed by atoms with Gasteiger partial charge >= 0.3 is 0 Å². The van der Waals surface area contributed by atoms with Crippen LogP contribution in [0.15, 0.2) is 0 Å². The molecule has 1 saturated carbocycles. The molecule has 4 heteroatoms. The summed E-state index contributed by atoms with van der Waals surface area (Å²) in [6, 6.07) is -0.648. The first-order valence-electron chi connectivity index (χ1n) is 4.36. The lowest BCUT2D eigenvalue weighted by atomic mass is 10.3. The zero-order valence-corrected chi connectivity index (χ0v) is 7.16. The average Bonchev–Trinajstić information content (AvgIpc) is 2.51. The summed E-state index contributed by atoms with van der Waals surface area (Å²) in [6.07, 6.45) is 4.92. The highest BCUT2D eigenvalue weighted by atomic mass is 16.5. The summed E-state index contributed by atoms with van der Waals surface area (Å²) in [5.41, 5.74) is 10.4. The topological polar surface area (TPSA) is 78.3 Å². The zero-order chi connectivity index (χ0) is 8.97. The Morgan fingerprint density at radius 1 is 1.50 bits per heavy atom. The molecule has 0 radical (unpaired) electrons. The van der Waals surface area contributed by atoms with Gasteiger partial charge in [0.05, 0.1) is 12.7 Å². The Morgan fingerprint density at radius 3 is 2.58 bits per heavy atom. The van der Waals surface area contributed by atoms with E-state index >= 15 is 0 Å². The molecule has 0 saturated heterocycles. The predicted octanol–water partition coefficient (Wildman–Crippen LogP) is -0.242. The smallest absolute Gasteiger partial charge is 0.236 e. The lowest BCUT2D eigenvalue weighted by Crippen LogP contribution is -2.41. The molecule has 0 aromatic rings. The van der Waals surface area contributed by atoms with Gasteiger partial charge in [0.1, 0.15) is 6.04 Å². The molecule has 1 rings (SSSR count). The summed E-state index contributed by atoms with van der Waals surface area (Å²) >= 11 is 0. The Hall–Kier alpha value is -0.610. The van der Waals surface area contributed by atoms with Crippen molar-refractivity contribution in [2.45, 2.75) is 37.8 Å². The Labute approximate surface area is 72.2 Å². The minimum atomic E-state index is -0.648. The zero-order valence-electron chi connectivity index (χ0n) is 7.16. The van der Waals surface area contributed by atoms with Crippen molar-refractivity contribution in [3.05, 3.63) is 0 Å². The van der Waals surface area contributed by atoms with Crippen LogP contribution in [0.4, 0.5) is 0 Å². The molecule has 0 heterocycles.